The number of aromatic nitrogens is 2. The number of para-hydroxylation sites is 4. The van der Waals surface area contributed by atoms with E-state index in [9.17, 15) is 22.8 Å². The third-order valence-electron chi connectivity index (χ3n) is 4.83. The molecule has 1 atom stereocenters. The van der Waals surface area contributed by atoms with E-state index in [4.69, 9.17) is 0 Å². The van der Waals surface area contributed by atoms with Crippen molar-refractivity contribution in [3.05, 3.63) is 54.4 Å². The van der Waals surface area contributed by atoms with Crippen LogP contribution in [0, 0.1) is 0 Å². The highest BCUT2D eigenvalue weighted by atomic mass is 19.4. The molecule has 9 heteroatoms. The SMILES string of the molecule is C[C@@H]1CC(=O)Nc2ccccc2N1C(=O)Cn1c(C(F)(F)F)nc2ccccc21. The molecule has 2 heterocycles. The van der Waals surface area contributed by atoms with Crippen LogP contribution in [0.2, 0.25) is 0 Å². The van der Waals surface area contributed by atoms with Crippen molar-refractivity contribution in [2.45, 2.75) is 32.1 Å². The minimum absolute atomic E-state index is 0.0389. The van der Waals surface area contributed by atoms with E-state index >= 15 is 0 Å². The summed E-state index contributed by atoms with van der Waals surface area (Å²) in [4.78, 5) is 30.3. The number of halogens is 3. The lowest BCUT2D eigenvalue weighted by Gasteiger charge is -2.28. The molecule has 1 aromatic heterocycles. The summed E-state index contributed by atoms with van der Waals surface area (Å²) in [6.07, 6.45) is -4.67. The summed E-state index contributed by atoms with van der Waals surface area (Å²) in [5.74, 6) is -1.95. The summed E-state index contributed by atoms with van der Waals surface area (Å²) in [6, 6.07) is 12.4. The molecule has 0 aliphatic carbocycles. The Morgan fingerprint density at radius 1 is 1.17 bits per heavy atom. The van der Waals surface area contributed by atoms with Crippen molar-refractivity contribution in [3.8, 4) is 0 Å². The highest BCUT2D eigenvalue weighted by Crippen LogP contribution is 2.34. The van der Waals surface area contributed by atoms with Crippen LogP contribution in [-0.4, -0.2) is 27.4 Å². The Morgan fingerprint density at radius 2 is 1.86 bits per heavy atom. The van der Waals surface area contributed by atoms with Crippen LogP contribution >= 0.6 is 0 Å². The van der Waals surface area contributed by atoms with Gasteiger partial charge in [-0.3, -0.25) is 9.59 Å². The van der Waals surface area contributed by atoms with Crippen LogP contribution in [0.5, 0.6) is 0 Å². The molecule has 0 saturated carbocycles. The summed E-state index contributed by atoms with van der Waals surface area (Å²) in [7, 11) is 0. The van der Waals surface area contributed by atoms with Gasteiger partial charge in [-0.2, -0.15) is 13.2 Å². The first-order chi connectivity index (χ1) is 13.8. The fraction of sp³-hybridized carbons (Fsp3) is 0.250. The van der Waals surface area contributed by atoms with Crippen LogP contribution in [0.25, 0.3) is 11.0 Å². The number of carbonyl (C=O) groups excluding carboxylic acids is 2. The second-order valence-electron chi connectivity index (χ2n) is 6.89. The molecule has 0 fully saturated rings. The fourth-order valence-corrected chi connectivity index (χ4v) is 3.63. The molecule has 0 radical (unpaired) electrons. The molecule has 1 aliphatic rings. The molecule has 150 valence electrons. The molecule has 0 spiro atoms. The smallest absolute Gasteiger partial charge is 0.324 e. The Bertz CT molecular complexity index is 1110. The monoisotopic (exact) mass is 402 g/mol. The molecule has 6 nitrogen and oxygen atoms in total. The third kappa shape index (κ3) is 3.43. The highest BCUT2D eigenvalue weighted by molar-refractivity contribution is 6.04. The zero-order chi connectivity index (χ0) is 20.8. The number of rotatable bonds is 2. The number of fused-ring (bicyclic) bond motifs is 2. The van der Waals surface area contributed by atoms with Gasteiger partial charge < -0.3 is 14.8 Å². The number of anilines is 2. The van der Waals surface area contributed by atoms with Crippen molar-refractivity contribution in [2.24, 2.45) is 0 Å². The molecule has 0 bridgehead atoms. The number of nitrogens with one attached hydrogen (secondary N) is 1. The predicted octanol–water partition coefficient (Wildman–Crippen LogP) is 3.82. The molecular formula is C20H17F3N4O2. The molecular weight excluding hydrogens is 385 g/mol. The summed E-state index contributed by atoms with van der Waals surface area (Å²) < 4.78 is 41.5. The van der Waals surface area contributed by atoms with E-state index in [0.717, 1.165) is 4.57 Å². The van der Waals surface area contributed by atoms with Gasteiger partial charge in [0.25, 0.3) is 0 Å². The quantitative estimate of drug-likeness (QED) is 0.709. The summed E-state index contributed by atoms with van der Waals surface area (Å²) in [5.41, 5.74) is 1.28. The van der Waals surface area contributed by atoms with Gasteiger partial charge in [-0.1, -0.05) is 24.3 Å². The average molecular weight is 402 g/mol. The summed E-state index contributed by atoms with van der Waals surface area (Å²) in [5, 5.41) is 2.73. The summed E-state index contributed by atoms with van der Waals surface area (Å²) in [6.45, 7) is 1.14. The normalized spacial score (nSPS) is 17.0. The Hall–Kier alpha value is -3.36. The second-order valence-corrected chi connectivity index (χ2v) is 6.89. The van der Waals surface area contributed by atoms with E-state index in [0.29, 0.717) is 11.4 Å². The zero-order valence-electron chi connectivity index (χ0n) is 15.4. The van der Waals surface area contributed by atoms with E-state index < -0.39 is 30.5 Å². The van der Waals surface area contributed by atoms with Crippen molar-refractivity contribution < 1.29 is 22.8 Å². The lowest BCUT2D eigenvalue weighted by atomic mass is 10.1. The molecule has 1 aliphatic heterocycles. The first-order valence-electron chi connectivity index (χ1n) is 8.99. The van der Waals surface area contributed by atoms with Gasteiger partial charge in [0, 0.05) is 12.5 Å². The minimum atomic E-state index is -4.71. The van der Waals surface area contributed by atoms with Crippen LogP contribution in [0.1, 0.15) is 19.2 Å². The standard InChI is InChI=1S/C20H17F3N4O2/c1-12-10-17(28)24-14-7-3-5-9-16(14)27(12)18(29)11-26-15-8-4-2-6-13(15)25-19(26)20(21,22)23/h2-9,12H,10-11H2,1H3,(H,24,28)/t12-/m1/s1. The van der Waals surface area contributed by atoms with E-state index in [2.05, 4.69) is 10.3 Å². The maximum absolute atomic E-state index is 13.5. The predicted molar refractivity (Wildman–Crippen MR) is 101 cm³/mol. The maximum Gasteiger partial charge on any atom is 0.449 e. The summed E-state index contributed by atoms with van der Waals surface area (Å²) >= 11 is 0. The van der Waals surface area contributed by atoms with E-state index in [1.54, 1.807) is 43.3 Å². The Labute approximate surface area is 163 Å². The number of hydrogen-bond acceptors (Lipinski definition) is 3. The van der Waals surface area contributed by atoms with Crippen molar-refractivity contribution in [1.82, 2.24) is 9.55 Å². The van der Waals surface area contributed by atoms with Crippen molar-refractivity contribution in [1.29, 1.82) is 0 Å². The van der Waals surface area contributed by atoms with Crippen molar-refractivity contribution in [3.63, 3.8) is 0 Å². The molecule has 2 amide bonds. The van der Waals surface area contributed by atoms with Crippen LogP contribution in [-0.2, 0) is 22.3 Å². The van der Waals surface area contributed by atoms with E-state index in [1.165, 1.54) is 17.0 Å². The van der Waals surface area contributed by atoms with Gasteiger partial charge in [-0.05, 0) is 31.2 Å². The van der Waals surface area contributed by atoms with Gasteiger partial charge in [-0.25, -0.2) is 4.98 Å². The van der Waals surface area contributed by atoms with Gasteiger partial charge in [-0.15, -0.1) is 0 Å². The lowest BCUT2D eigenvalue weighted by molar-refractivity contribution is -0.147. The Morgan fingerprint density at radius 3 is 2.62 bits per heavy atom. The topological polar surface area (TPSA) is 67.2 Å². The number of benzene rings is 2. The second kappa shape index (κ2) is 6.91. The average Bonchev–Trinajstić information content (AvgIpc) is 2.95. The molecule has 0 unspecified atom stereocenters. The molecule has 0 saturated heterocycles. The van der Waals surface area contributed by atoms with Crippen LogP contribution in [0.3, 0.4) is 0 Å². The van der Waals surface area contributed by atoms with Crippen LogP contribution < -0.4 is 10.2 Å². The number of imidazole rings is 1. The number of nitrogens with zero attached hydrogens (tertiary/aromatic N) is 3. The van der Waals surface area contributed by atoms with Gasteiger partial charge >= 0.3 is 6.18 Å². The Balaban J connectivity index is 1.78. The van der Waals surface area contributed by atoms with Gasteiger partial charge in [0.2, 0.25) is 17.6 Å². The highest BCUT2D eigenvalue weighted by Gasteiger charge is 2.39. The maximum atomic E-state index is 13.5. The third-order valence-corrected chi connectivity index (χ3v) is 4.83. The first-order valence-corrected chi connectivity index (χ1v) is 8.99. The number of amides is 2. The number of hydrogen-bond donors (Lipinski definition) is 1. The molecule has 4 rings (SSSR count). The molecule has 2 aromatic carbocycles. The van der Waals surface area contributed by atoms with Gasteiger partial charge in [0.1, 0.15) is 6.54 Å². The fourth-order valence-electron chi connectivity index (χ4n) is 3.63. The molecule has 1 N–H and O–H groups in total. The van der Waals surface area contributed by atoms with Crippen LogP contribution in [0.4, 0.5) is 24.5 Å². The largest absolute Gasteiger partial charge is 0.449 e. The lowest BCUT2D eigenvalue weighted by Crippen LogP contribution is -2.41. The molecule has 29 heavy (non-hydrogen) atoms. The van der Waals surface area contributed by atoms with Crippen LogP contribution in [0.15, 0.2) is 48.5 Å². The first kappa shape index (κ1) is 19.0. The van der Waals surface area contributed by atoms with Crippen molar-refractivity contribution >= 4 is 34.2 Å². The van der Waals surface area contributed by atoms with Gasteiger partial charge in [0.15, 0.2) is 0 Å². The van der Waals surface area contributed by atoms with Gasteiger partial charge in [0.05, 0.1) is 22.4 Å². The Kier molecular flexibility index (Phi) is 4.52. The number of carbonyl (C=O) groups is 2. The molecule has 3 aromatic rings. The van der Waals surface area contributed by atoms with E-state index in [1.807, 2.05) is 0 Å². The van der Waals surface area contributed by atoms with Crippen molar-refractivity contribution in [2.75, 3.05) is 10.2 Å². The minimum Gasteiger partial charge on any atom is -0.324 e. The zero-order valence-corrected chi connectivity index (χ0v) is 15.4. The number of alkyl halides is 3. The van der Waals surface area contributed by atoms with E-state index in [-0.39, 0.29) is 23.4 Å².